The molecule has 0 aromatic heterocycles. The number of carbonyl (C=O) groups excluding carboxylic acids is 2. The minimum atomic E-state index is -1.35. The number of thioether (sulfide) groups is 1. The smallest absolute Gasteiger partial charge is 0.331 e. The molecule has 3 fully saturated rings. The van der Waals surface area contributed by atoms with Crippen molar-refractivity contribution < 1.29 is 53.3 Å². The Morgan fingerprint density at radius 2 is 1.80 bits per heavy atom. The summed E-state index contributed by atoms with van der Waals surface area (Å²) in [6.45, 7) is 7.38. The molecule has 14 nitrogen and oxygen atoms in total. The van der Waals surface area contributed by atoms with E-state index in [9.17, 15) is 24.9 Å². The zero-order chi connectivity index (χ0) is 37.7. The van der Waals surface area contributed by atoms with Crippen LogP contribution >= 0.6 is 11.8 Å². The van der Waals surface area contributed by atoms with Crippen LogP contribution in [0.5, 0.6) is 40.2 Å². The van der Waals surface area contributed by atoms with Crippen LogP contribution in [0.1, 0.15) is 75.7 Å². The molecule has 8 aliphatic heterocycles. The number of aryl methyl sites for hydroxylation is 1. The third-order valence-corrected chi connectivity index (χ3v) is 14.4. The number of rotatable bonds is 3. The molecule has 2 bridgehead atoms. The Balaban J connectivity index is 1.24. The maximum absolute atomic E-state index is 14.7. The van der Waals surface area contributed by atoms with E-state index in [1.54, 1.807) is 12.1 Å². The number of nitrogens with one attached hydrogen (secondary N) is 1. The fraction of sp³-hybridized carbons (Fsp3) is 0.487. The highest BCUT2D eigenvalue weighted by Gasteiger charge is 2.78. The van der Waals surface area contributed by atoms with Crippen LogP contribution in [-0.2, 0) is 31.8 Å². The van der Waals surface area contributed by atoms with Crippen LogP contribution in [0.4, 0.5) is 0 Å². The fourth-order valence-corrected chi connectivity index (χ4v) is 12.4. The van der Waals surface area contributed by atoms with Crippen molar-refractivity contribution in [2.75, 3.05) is 39.9 Å². The van der Waals surface area contributed by atoms with E-state index in [-0.39, 0.29) is 42.4 Å². The Hall–Kier alpha value is -4.41. The first kappa shape index (κ1) is 34.1. The Bertz CT molecular complexity index is 2210. The van der Waals surface area contributed by atoms with Gasteiger partial charge in [-0.2, -0.15) is 0 Å². The van der Waals surface area contributed by atoms with Crippen LogP contribution in [0, 0.1) is 13.8 Å². The number of aliphatic hydroxyl groups is 1. The van der Waals surface area contributed by atoms with Crippen LogP contribution in [0.15, 0.2) is 18.2 Å². The third-order valence-electron chi connectivity index (χ3n) is 12.9. The number of benzene rings is 3. The lowest BCUT2D eigenvalue weighted by Gasteiger charge is -2.55. The molecule has 0 radical (unpaired) electrons. The predicted molar refractivity (Wildman–Crippen MR) is 192 cm³/mol. The molecule has 11 rings (SSSR count). The number of fused-ring (bicyclic) bond motifs is 9. The van der Waals surface area contributed by atoms with Gasteiger partial charge in [0.15, 0.2) is 40.0 Å². The summed E-state index contributed by atoms with van der Waals surface area (Å²) in [4.78, 5) is 31.9. The number of phenols is 2. The lowest BCUT2D eigenvalue weighted by atomic mass is 9.76. The lowest BCUT2D eigenvalue weighted by molar-refractivity contribution is -0.162. The molecule has 4 N–H and O–H groups in total. The van der Waals surface area contributed by atoms with Gasteiger partial charge >= 0.3 is 11.9 Å². The number of aromatic hydroxyl groups is 2. The second kappa shape index (κ2) is 11.3. The molecule has 1 spiro atoms. The molecule has 9 atom stereocenters. The number of phenolic OH excluding ortho intramolecular Hbond substituents is 2. The van der Waals surface area contributed by atoms with Crippen molar-refractivity contribution in [3.63, 3.8) is 0 Å². The lowest BCUT2D eigenvalue weighted by Crippen LogP contribution is -2.63. The fourth-order valence-electron chi connectivity index (χ4n) is 10.7. The molecule has 284 valence electrons. The summed E-state index contributed by atoms with van der Waals surface area (Å²) in [5.41, 5.74) is 3.84. The first-order chi connectivity index (χ1) is 25.9. The van der Waals surface area contributed by atoms with E-state index in [1.807, 2.05) is 18.7 Å². The van der Waals surface area contributed by atoms with Gasteiger partial charge in [-0.25, -0.2) is 4.79 Å². The molecule has 0 aliphatic carbocycles. The molecular weight excluding hydrogens is 719 g/mol. The van der Waals surface area contributed by atoms with Crippen molar-refractivity contribution in [1.29, 1.82) is 0 Å². The van der Waals surface area contributed by atoms with Gasteiger partial charge in [-0.1, -0.05) is 0 Å². The second-order valence-electron chi connectivity index (χ2n) is 15.4. The maximum Gasteiger partial charge on any atom is 0.331 e. The molecular formula is C39H41N3O11S. The van der Waals surface area contributed by atoms with E-state index in [2.05, 4.69) is 23.2 Å². The first-order valence-electron chi connectivity index (χ1n) is 18.1. The Kier molecular flexibility index (Phi) is 7.15. The molecule has 54 heavy (non-hydrogen) atoms. The third kappa shape index (κ3) is 4.06. The molecule has 0 amide bonds. The van der Waals surface area contributed by atoms with Gasteiger partial charge in [0.2, 0.25) is 6.79 Å². The van der Waals surface area contributed by atoms with E-state index >= 15 is 0 Å². The number of hydrogen-bond donors (Lipinski definition) is 4. The summed E-state index contributed by atoms with van der Waals surface area (Å²) in [5, 5.41) is 38.2. The largest absolute Gasteiger partial charge is 0.504 e. The van der Waals surface area contributed by atoms with E-state index < -0.39 is 52.6 Å². The average molecular weight is 760 g/mol. The zero-order valence-electron chi connectivity index (χ0n) is 30.6. The van der Waals surface area contributed by atoms with Gasteiger partial charge in [-0.3, -0.25) is 19.9 Å². The van der Waals surface area contributed by atoms with Gasteiger partial charge in [0.1, 0.15) is 18.6 Å². The summed E-state index contributed by atoms with van der Waals surface area (Å²) in [6, 6.07) is 3.32. The average Bonchev–Trinajstić information content (AvgIpc) is 3.39. The first-order valence-corrected chi connectivity index (χ1v) is 19.2. The molecule has 3 aromatic rings. The monoisotopic (exact) mass is 759 g/mol. The van der Waals surface area contributed by atoms with Crippen LogP contribution < -0.4 is 29.0 Å². The number of piperazine rings is 1. The van der Waals surface area contributed by atoms with Crippen LogP contribution in [0.2, 0.25) is 0 Å². The SMILES string of the molecule is COc1cc2c(cc1O)CCN[C@]21CSC2c3c(OC(C)=O)c(C)c4c(c3C(COC1=O)N1C(O)C3N5C(c6c(cc(C)c(OC)c6O)C35C)C21)OCO4. The topological polar surface area (TPSA) is 168 Å². The Morgan fingerprint density at radius 1 is 1.02 bits per heavy atom. The van der Waals surface area contributed by atoms with E-state index in [1.165, 1.54) is 32.9 Å². The molecule has 3 aromatic carbocycles. The number of ether oxygens (including phenoxy) is 6. The van der Waals surface area contributed by atoms with Gasteiger partial charge in [0, 0.05) is 47.5 Å². The zero-order valence-corrected chi connectivity index (χ0v) is 31.5. The standard InChI is InChI=1S/C39H41N3O11S/c1-15-9-20-24(29(45)30(15)49-6)27-28-34-26-25(33-32(51-14-52-33)16(2)31(26)53-17(3)43)21(41(28)36(46)35-38(20,4)42(27)35)12-50-37(47)39(13-54-34)19-11-23(48-5)22(44)10-18(19)7-8-40-39/h9-11,21,27-28,34-36,40,44-46H,7-8,12-14H2,1-6H3/t21?,27?,28?,34?,35?,36?,38?,39-,42?/m1/s1. The normalized spacial score (nSPS) is 33.5. The van der Waals surface area contributed by atoms with Gasteiger partial charge in [0.25, 0.3) is 0 Å². The number of methoxy groups -OCH3 is 2. The highest BCUT2D eigenvalue weighted by atomic mass is 32.2. The van der Waals surface area contributed by atoms with Gasteiger partial charge < -0.3 is 43.7 Å². The van der Waals surface area contributed by atoms with Crippen LogP contribution in [0.3, 0.4) is 0 Å². The van der Waals surface area contributed by atoms with E-state index in [0.29, 0.717) is 58.2 Å². The van der Waals surface area contributed by atoms with Gasteiger partial charge in [-0.15, -0.1) is 11.8 Å². The summed E-state index contributed by atoms with van der Waals surface area (Å²) < 4.78 is 36.0. The number of esters is 2. The van der Waals surface area contributed by atoms with Crippen molar-refractivity contribution in [2.45, 2.75) is 80.8 Å². The summed E-state index contributed by atoms with van der Waals surface area (Å²) in [5.74, 6) is 1.01. The quantitative estimate of drug-likeness (QED) is 0.174. The van der Waals surface area contributed by atoms with Crippen LogP contribution in [-0.4, -0.2) is 95.3 Å². The van der Waals surface area contributed by atoms with Crippen molar-refractivity contribution >= 4 is 23.7 Å². The summed E-state index contributed by atoms with van der Waals surface area (Å²) in [7, 11) is 3.00. The molecule has 3 saturated heterocycles. The molecule has 0 saturated carbocycles. The van der Waals surface area contributed by atoms with Crippen molar-refractivity contribution in [1.82, 2.24) is 15.1 Å². The van der Waals surface area contributed by atoms with Gasteiger partial charge in [-0.05, 0) is 67.6 Å². The minimum Gasteiger partial charge on any atom is -0.504 e. The van der Waals surface area contributed by atoms with Gasteiger partial charge in [0.05, 0.1) is 43.1 Å². The van der Waals surface area contributed by atoms with Crippen molar-refractivity contribution in [3.05, 3.63) is 62.7 Å². The van der Waals surface area contributed by atoms with E-state index in [0.717, 1.165) is 22.3 Å². The minimum absolute atomic E-state index is 0.0203. The molecule has 8 unspecified atom stereocenters. The highest BCUT2D eigenvalue weighted by Crippen LogP contribution is 2.74. The molecule has 8 heterocycles. The second-order valence-corrected chi connectivity index (χ2v) is 16.5. The molecule has 15 heteroatoms. The summed E-state index contributed by atoms with van der Waals surface area (Å²) in [6.07, 6.45) is -0.447. The maximum atomic E-state index is 14.7. The Labute approximate surface area is 315 Å². The van der Waals surface area contributed by atoms with Crippen LogP contribution in [0.25, 0.3) is 0 Å². The number of carbonyl (C=O) groups is 2. The van der Waals surface area contributed by atoms with Crippen molar-refractivity contribution in [2.24, 2.45) is 0 Å². The Morgan fingerprint density at radius 3 is 2.54 bits per heavy atom. The molecule has 8 aliphatic rings. The highest BCUT2D eigenvalue weighted by molar-refractivity contribution is 7.99. The number of hydrogen-bond acceptors (Lipinski definition) is 15. The van der Waals surface area contributed by atoms with E-state index in [4.69, 9.17) is 28.4 Å². The number of aliphatic hydroxyl groups excluding tert-OH is 1. The van der Waals surface area contributed by atoms with Crippen molar-refractivity contribution in [3.8, 4) is 40.2 Å². The summed E-state index contributed by atoms with van der Waals surface area (Å²) >= 11 is 1.48. The number of nitrogens with zero attached hydrogens (tertiary/aromatic N) is 2. The predicted octanol–water partition coefficient (Wildman–Crippen LogP) is 3.47.